The molecular weight excluding hydrogens is 228 g/mol. The molecule has 0 saturated carbocycles. The minimum absolute atomic E-state index is 0.0971. The van der Waals surface area contributed by atoms with Crippen molar-refractivity contribution in [3.05, 3.63) is 0 Å². The van der Waals surface area contributed by atoms with Crippen molar-refractivity contribution in [1.82, 2.24) is 10.4 Å². The van der Waals surface area contributed by atoms with E-state index >= 15 is 0 Å². The first-order chi connectivity index (χ1) is 8.04. The molecule has 0 bridgehead atoms. The second-order valence-corrected chi connectivity index (χ2v) is 4.00. The van der Waals surface area contributed by atoms with E-state index in [1.54, 1.807) is 0 Å². The average molecular weight is 246 g/mol. The molecule has 7 nitrogen and oxygen atoms in total. The van der Waals surface area contributed by atoms with Gasteiger partial charge in [-0.05, 0) is 6.42 Å². The van der Waals surface area contributed by atoms with Crippen LogP contribution in [0.25, 0.3) is 0 Å². The fraction of sp³-hybridized carbons (Fsp3) is 0.800. The molecule has 1 fully saturated rings. The summed E-state index contributed by atoms with van der Waals surface area (Å²) in [7, 11) is 0. The standard InChI is InChI=1S/C10H18N2O5/c1-2-3-4-17-10(16)11-12-6-7(13)5-8(12)9(14)15/h7-8,13H,2-6H2,1H3,(H,11,16)(H,14,15)/t7?,8-/m0/s1. The van der Waals surface area contributed by atoms with Gasteiger partial charge in [-0.3, -0.25) is 10.2 Å². The SMILES string of the molecule is CCCCOC(=O)NN1CC(O)C[C@H]1C(=O)O. The first-order valence-electron chi connectivity index (χ1n) is 5.65. The minimum Gasteiger partial charge on any atom is -0.480 e. The van der Waals surface area contributed by atoms with E-state index in [1.807, 2.05) is 6.92 Å². The summed E-state index contributed by atoms with van der Waals surface area (Å²) in [5.41, 5.74) is 2.33. The number of ether oxygens (including phenoxy) is 1. The van der Waals surface area contributed by atoms with Crippen molar-refractivity contribution in [3.8, 4) is 0 Å². The molecule has 7 heteroatoms. The van der Waals surface area contributed by atoms with E-state index in [0.717, 1.165) is 12.8 Å². The number of rotatable bonds is 5. The zero-order valence-electron chi connectivity index (χ0n) is 9.76. The van der Waals surface area contributed by atoms with Crippen molar-refractivity contribution < 1.29 is 24.5 Å². The van der Waals surface area contributed by atoms with Gasteiger partial charge in [0.1, 0.15) is 6.04 Å². The van der Waals surface area contributed by atoms with Crippen LogP contribution < -0.4 is 5.43 Å². The summed E-state index contributed by atoms with van der Waals surface area (Å²) in [5.74, 6) is -1.07. The van der Waals surface area contributed by atoms with Gasteiger partial charge < -0.3 is 14.9 Å². The highest BCUT2D eigenvalue weighted by Gasteiger charge is 2.37. The molecule has 98 valence electrons. The maximum Gasteiger partial charge on any atom is 0.421 e. The van der Waals surface area contributed by atoms with Crippen LogP contribution in [-0.2, 0) is 9.53 Å². The second-order valence-electron chi connectivity index (χ2n) is 4.00. The van der Waals surface area contributed by atoms with E-state index < -0.39 is 24.2 Å². The molecule has 1 unspecified atom stereocenters. The summed E-state index contributed by atoms with van der Waals surface area (Å²) in [4.78, 5) is 22.2. The Morgan fingerprint density at radius 1 is 1.53 bits per heavy atom. The van der Waals surface area contributed by atoms with Gasteiger partial charge in [0.25, 0.3) is 0 Å². The summed E-state index contributed by atoms with van der Waals surface area (Å²) in [5, 5.41) is 19.4. The molecule has 1 aliphatic rings. The Kier molecular flexibility index (Phi) is 5.17. The predicted molar refractivity (Wildman–Crippen MR) is 58.1 cm³/mol. The van der Waals surface area contributed by atoms with Gasteiger partial charge >= 0.3 is 12.1 Å². The van der Waals surface area contributed by atoms with Crippen molar-refractivity contribution in [3.63, 3.8) is 0 Å². The third-order valence-corrected chi connectivity index (χ3v) is 2.53. The van der Waals surface area contributed by atoms with E-state index in [0.29, 0.717) is 6.61 Å². The molecule has 0 aromatic carbocycles. The number of carboxylic acid groups (broad SMARTS) is 1. The number of aliphatic hydroxyl groups excluding tert-OH is 1. The van der Waals surface area contributed by atoms with Gasteiger partial charge in [-0.25, -0.2) is 9.80 Å². The van der Waals surface area contributed by atoms with Crippen LogP contribution in [0.4, 0.5) is 4.79 Å². The Labute approximate surface area is 99.3 Å². The smallest absolute Gasteiger partial charge is 0.421 e. The fourth-order valence-electron chi connectivity index (χ4n) is 1.63. The van der Waals surface area contributed by atoms with Gasteiger partial charge in [-0.15, -0.1) is 0 Å². The van der Waals surface area contributed by atoms with E-state index in [4.69, 9.17) is 9.84 Å². The highest BCUT2D eigenvalue weighted by Crippen LogP contribution is 2.15. The van der Waals surface area contributed by atoms with Gasteiger partial charge in [-0.1, -0.05) is 13.3 Å². The third-order valence-electron chi connectivity index (χ3n) is 2.53. The lowest BCUT2D eigenvalue weighted by atomic mass is 10.2. The van der Waals surface area contributed by atoms with E-state index in [1.165, 1.54) is 5.01 Å². The zero-order valence-corrected chi connectivity index (χ0v) is 9.76. The normalized spacial score (nSPS) is 24.6. The number of nitrogens with zero attached hydrogens (tertiary/aromatic N) is 1. The van der Waals surface area contributed by atoms with Crippen LogP contribution in [0.2, 0.25) is 0 Å². The van der Waals surface area contributed by atoms with Crippen molar-refractivity contribution in [2.75, 3.05) is 13.2 Å². The molecule has 0 aliphatic carbocycles. The number of nitrogens with one attached hydrogen (secondary N) is 1. The van der Waals surface area contributed by atoms with Crippen LogP contribution in [0.3, 0.4) is 0 Å². The highest BCUT2D eigenvalue weighted by molar-refractivity contribution is 5.75. The van der Waals surface area contributed by atoms with Crippen molar-refractivity contribution in [2.45, 2.75) is 38.3 Å². The van der Waals surface area contributed by atoms with Gasteiger partial charge in [-0.2, -0.15) is 0 Å². The molecule has 0 aromatic rings. The summed E-state index contributed by atoms with van der Waals surface area (Å²) in [6, 6.07) is -0.899. The van der Waals surface area contributed by atoms with E-state index in [2.05, 4.69) is 5.43 Å². The number of carbonyl (C=O) groups is 2. The molecule has 3 N–H and O–H groups in total. The number of carbonyl (C=O) groups excluding carboxylic acids is 1. The Hall–Kier alpha value is -1.34. The molecule has 0 radical (unpaired) electrons. The van der Waals surface area contributed by atoms with Gasteiger partial charge in [0.15, 0.2) is 0 Å². The van der Waals surface area contributed by atoms with Gasteiger partial charge in [0.2, 0.25) is 0 Å². The maximum absolute atomic E-state index is 11.3. The summed E-state index contributed by atoms with van der Waals surface area (Å²) < 4.78 is 4.84. The number of β-amino-alcohol motifs (C(OH)–C–C–N with tert-alkyl or cyclic N) is 1. The molecule has 0 spiro atoms. The summed E-state index contributed by atoms with van der Waals surface area (Å²) >= 11 is 0. The number of hydrogen-bond acceptors (Lipinski definition) is 5. The van der Waals surface area contributed by atoms with E-state index in [9.17, 15) is 14.7 Å². The number of hydrogen-bond donors (Lipinski definition) is 3. The molecule has 1 heterocycles. The maximum atomic E-state index is 11.3. The first kappa shape index (κ1) is 13.7. The molecule has 17 heavy (non-hydrogen) atoms. The van der Waals surface area contributed by atoms with Gasteiger partial charge in [0.05, 0.1) is 12.7 Å². The Balaban J connectivity index is 2.38. The van der Waals surface area contributed by atoms with E-state index in [-0.39, 0.29) is 13.0 Å². The van der Waals surface area contributed by atoms with Crippen molar-refractivity contribution in [2.24, 2.45) is 0 Å². The quantitative estimate of drug-likeness (QED) is 0.588. The molecule has 1 amide bonds. The number of unbranched alkanes of at least 4 members (excludes halogenated alkanes) is 1. The lowest BCUT2D eigenvalue weighted by molar-refractivity contribution is -0.143. The molecular formula is C10H18N2O5. The Morgan fingerprint density at radius 2 is 2.24 bits per heavy atom. The number of aliphatic hydroxyl groups is 1. The van der Waals surface area contributed by atoms with Crippen LogP contribution in [0.1, 0.15) is 26.2 Å². The second kappa shape index (κ2) is 6.41. The van der Waals surface area contributed by atoms with Crippen LogP contribution in [0.15, 0.2) is 0 Å². The number of carboxylic acids is 1. The number of hydrazine groups is 1. The number of amides is 1. The monoisotopic (exact) mass is 246 g/mol. The number of aliphatic carboxylic acids is 1. The first-order valence-corrected chi connectivity index (χ1v) is 5.65. The predicted octanol–water partition coefficient (Wildman–Crippen LogP) is -0.0525. The van der Waals surface area contributed by atoms with Crippen molar-refractivity contribution >= 4 is 12.1 Å². The van der Waals surface area contributed by atoms with Crippen LogP contribution in [0.5, 0.6) is 0 Å². The molecule has 1 rings (SSSR count). The lowest BCUT2D eigenvalue weighted by Crippen LogP contribution is -2.48. The van der Waals surface area contributed by atoms with Crippen LogP contribution >= 0.6 is 0 Å². The Morgan fingerprint density at radius 3 is 2.82 bits per heavy atom. The fourth-order valence-corrected chi connectivity index (χ4v) is 1.63. The minimum atomic E-state index is -1.07. The molecule has 1 aliphatic heterocycles. The summed E-state index contributed by atoms with van der Waals surface area (Å²) in [6.07, 6.45) is 0.349. The third kappa shape index (κ3) is 4.20. The zero-order chi connectivity index (χ0) is 12.8. The van der Waals surface area contributed by atoms with Gasteiger partial charge in [0, 0.05) is 13.0 Å². The summed E-state index contributed by atoms with van der Waals surface area (Å²) in [6.45, 7) is 2.37. The topological polar surface area (TPSA) is 99.1 Å². The van der Waals surface area contributed by atoms with Crippen LogP contribution in [0, 0.1) is 0 Å². The Bertz CT molecular complexity index is 284. The average Bonchev–Trinajstić information content (AvgIpc) is 2.60. The van der Waals surface area contributed by atoms with Crippen LogP contribution in [-0.4, -0.2) is 52.6 Å². The van der Waals surface area contributed by atoms with Crippen molar-refractivity contribution in [1.29, 1.82) is 0 Å². The highest BCUT2D eigenvalue weighted by atomic mass is 16.6. The molecule has 0 aromatic heterocycles. The molecule has 1 saturated heterocycles. The lowest BCUT2D eigenvalue weighted by Gasteiger charge is -2.21. The largest absolute Gasteiger partial charge is 0.480 e. The molecule has 2 atom stereocenters.